The van der Waals surface area contributed by atoms with Crippen molar-refractivity contribution in [2.24, 2.45) is 7.05 Å². The minimum Gasteiger partial charge on any atom is -0.398 e. The summed E-state index contributed by atoms with van der Waals surface area (Å²) in [6, 6.07) is 5.64. The average molecular weight is 315 g/mol. The molecule has 1 aromatic carbocycles. The molecule has 3 rings (SSSR count). The molecule has 1 saturated carbocycles. The molecule has 8 heteroatoms. The molecular formula is C15H17N5O3. The van der Waals surface area contributed by atoms with Crippen LogP contribution in [-0.4, -0.2) is 20.6 Å². The fourth-order valence-corrected chi connectivity index (χ4v) is 2.55. The minimum absolute atomic E-state index is 0.0746. The summed E-state index contributed by atoms with van der Waals surface area (Å²) in [5.41, 5.74) is 6.81. The van der Waals surface area contributed by atoms with Crippen molar-refractivity contribution in [3.05, 3.63) is 45.6 Å². The second-order valence-corrected chi connectivity index (χ2v) is 5.69. The van der Waals surface area contributed by atoms with Crippen LogP contribution in [-0.2, 0) is 7.05 Å². The zero-order valence-corrected chi connectivity index (χ0v) is 12.7. The van der Waals surface area contributed by atoms with Gasteiger partial charge < -0.3 is 11.1 Å². The van der Waals surface area contributed by atoms with Crippen molar-refractivity contribution in [1.82, 2.24) is 9.78 Å². The lowest BCUT2D eigenvalue weighted by molar-refractivity contribution is -0.384. The largest absolute Gasteiger partial charge is 0.398 e. The SMILES string of the molecule is Cn1nc(C2CCC2)cc1NC(=O)c1cc([N+](=O)[O-])ccc1N. The normalized spacial score (nSPS) is 14.3. The molecule has 1 fully saturated rings. The van der Waals surface area contributed by atoms with Crippen LogP contribution < -0.4 is 11.1 Å². The van der Waals surface area contributed by atoms with Gasteiger partial charge in [-0.25, -0.2) is 0 Å². The summed E-state index contributed by atoms with van der Waals surface area (Å²) >= 11 is 0. The molecule has 23 heavy (non-hydrogen) atoms. The third kappa shape index (κ3) is 2.87. The monoisotopic (exact) mass is 315 g/mol. The number of aryl methyl sites for hydroxylation is 1. The number of nitrogens with two attached hydrogens (primary N) is 1. The van der Waals surface area contributed by atoms with Crippen LogP contribution in [0.1, 0.15) is 41.2 Å². The summed E-state index contributed by atoms with van der Waals surface area (Å²) < 4.78 is 1.60. The van der Waals surface area contributed by atoms with Crippen LogP contribution in [0.2, 0.25) is 0 Å². The van der Waals surface area contributed by atoms with Crippen LogP contribution in [0.3, 0.4) is 0 Å². The highest BCUT2D eigenvalue weighted by molar-refractivity contribution is 6.07. The van der Waals surface area contributed by atoms with E-state index in [4.69, 9.17) is 5.73 Å². The van der Waals surface area contributed by atoms with E-state index in [9.17, 15) is 14.9 Å². The molecule has 1 aromatic heterocycles. The number of benzene rings is 1. The summed E-state index contributed by atoms with van der Waals surface area (Å²) in [6.07, 6.45) is 3.43. The number of carbonyl (C=O) groups is 1. The third-order valence-electron chi connectivity index (χ3n) is 4.16. The molecule has 8 nitrogen and oxygen atoms in total. The Bertz CT molecular complexity index is 779. The lowest BCUT2D eigenvalue weighted by atomic mass is 9.83. The summed E-state index contributed by atoms with van der Waals surface area (Å²) in [5.74, 6) is 0.506. The van der Waals surface area contributed by atoms with Crippen molar-refractivity contribution in [3.63, 3.8) is 0 Å². The molecule has 120 valence electrons. The van der Waals surface area contributed by atoms with Gasteiger partial charge in [-0.05, 0) is 18.9 Å². The lowest BCUT2D eigenvalue weighted by Crippen LogP contribution is -2.16. The number of rotatable bonds is 4. The number of hydrogen-bond donors (Lipinski definition) is 2. The van der Waals surface area contributed by atoms with Crippen LogP contribution >= 0.6 is 0 Å². The molecule has 0 bridgehead atoms. The highest BCUT2D eigenvalue weighted by Gasteiger charge is 2.24. The zero-order valence-electron chi connectivity index (χ0n) is 12.7. The van der Waals surface area contributed by atoms with Gasteiger partial charge in [-0.2, -0.15) is 5.10 Å². The van der Waals surface area contributed by atoms with Crippen LogP contribution in [0.25, 0.3) is 0 Å². The van der Waals surface area contributed by atoms with Gasteiger partial charge in [0.25, 0.3) is 11.6 Å². The Morgan fingerprint density at radius 2 is 2.17 bits per heavy atom. The smallest absolute Gasteiger partial charge is 0.270 e. The third-order valence-corrected chi connectivity index (χ3v) is 4.16. The van der Waals surface area contributed by atoms with Crippen molar-refractivity contribution in [2.75, 3.05) is 11.1 Å². The Morgan fingerprint density at radius 3 is 2.78 bits per heavy atom. The maximum atomic E-state index is 12.4. The number of amides is 1. The maximum Gasteiger partial charge on any atom is 0.270 e. The minimum atomic E-state index is -0.561. The number of hydrogen-bond acceptors (Lipinski definition) is 5. The number of nitro groups is 1. The molecule has 0 unspecified atom stereocenters. The first kappa shape index (κ1) is 15.0. The quantitative estimate of drug-likeness (QED) is 0.510. The average Bonchev–Trinajstić information content (AvgIpc) is 2.77. The van der Waals surface area contributed by atoms with Crippen LogP contribution in [0.15, 0.2) is 24.3 Å². The van der Waals surface area contributed by atoms with Crippen molar-refractivity contribution in [1.29, 1.82) is 0 Å². The number of nitrogen functional groups attached to an aromatic ring is 1. The van der Waals surface area contributed by atoms with E-state index >= 15 is 0 Å². The molecule has 0 radical (unpaired) electrons. The highest BCUT2D eigenvalue weighted by atomic mass is 16.6. The summed E-state index contributed by atoms with van der Waals surface area (Å²) in [6.45, 7) is 0. The molecular weight excluding hydrogens is 298 g/mol. The molecule has 1 heterocycles. The van der Waals surface area contributed by atoms with Gasteiger partial charge >= 0.3 is 0 Å². The van der Waals surface area contributed by atoms with Gasteiger partial charge in [0, 0.05) is 36.9 Å². The number of carbonyl (C=O) groups excluding carboxylic acids is 1. The Balaban J connectivity index is 1.83. The summed E-state index contributed by atoms with van der Waals surface area (Å²) in [4.78, 5) is 22.6. The number of aromatic nitrogens is 2. The zero-order chi connectivity index (χ0) is 16.6. The van der Waals surface area contributed by atoms with E-state index in [0.717, 1.165) is 18.5 Å². The van der Waals surface area contributed by atoms with Gasteiger partial charge in [-0.1, -0.05) is 6.42 Å². The van der Waals surface area contributed by atoms with Gasteiger partial charge in [0.15, 0.2) is 0 Å². The van der Waals surface area contributed by atoms with Crippen molar-refractivity contribution < 1.29 is 9.72 Å². The van der Waals surface area contributed by atoms with Gasteiger partial charge in [-0.15, -0.1) is 0 Å². The Hall–Kier alpha value is -2.90. The van der Waals surface area contributed by atoms with Crippen LogP contribution in [0, 0.1) is 10.1 Å². The van der Waals surface area contributed by atoms with E-state index in [2.05, 4.69) is 10.4 Å². The topological polar surface area (TPSA) is 116 Å². The van der Waals surface area contributed by atoms with Crippen LogP contribution in [0.4, 0.5) is 17.2 Å². The summed E-state index contributed by atoms with van der Waals surface area (Å²) in [5, 5.41) is 18.0. The van der Waals surface area contributed by atoms with Crippen molar-refractivity contribution in [3.8, 4) is 0 Å². The number of non-ortho nitro benzene ring substituents is 1. The first-order chi connectivity index (χ1) is 11.0. The van der Waals surface area contributed by atoms with Gasteiger partial charge in [0.05, 0.1) is 16.2 Å². The van der Waals surface area contributed by atoms with E-state index in [1.165, 1.54) is 24.6 Å². The molecule has 0 spiro atoms. The second kappa shape index (κ2) is 5.71. The number of nitrogens with one attached hydrogen (secondary N) is 1. The predicted octanol–water partition coefficient (Wildman–Crippen LogP) is 2.43. The standard InChI is InChI=1S/C15H17N5O3/c1-19-14(8-13(18-19)9-3-2-4-9)17-15(21)11-7-10(20(22)23)5-6-12(11)16/h5-9H,2-4,16H2,1H3,(H,17,21). The second-order valence-electron chi connectivity index (χ2n) is 5.69. The first-order valence-electron chi connectivity index (χ1n) is 7.35. The van der Waals surface area contributed by atoms with Gasteiger partial charge in [0.2, 0.25) is 0 Å². The Kier molecular flexibility index (Phi) is 3.73. The van der Waals surface area contributed by atoms with Crippen LogP contribution in [0.5, 0.6) is 0 Å². The molecule has 3 N–H and O–H groups in total. The predicted molar refractivity (Wildman–Crippen MR) is 85.3 cm³/mol. The summed E-state index contributed by atoms with van der Waals surface area (Å²) in [7, 11) is 1.74. The number of anilines is 2. The number of nitro benzene ring substituents is 1. The lowest BCUT2D eigenvalue weighted by Gasteiger charge is -2.22. The van der Waals surface area contributed by atoms with E-state index in [1.807, 2.05) is 6.07 Å². The fraction of sp³-hybridized carbons (Fsp3) is 0.333. The molecule has 0 atom stereocenters. The Labute approximate surface area is 132 Å². The highest BCUT2D eigenvalue weighted by Crippen LogP contribution is 2.36. The molecule has 1 amide bonds. The van der Waals surface area contributed by atoms with E-state index < -0.39 is 10.8 Å². The molecule has 0 saturated heterocycles. The molecule has 1 aliphatic carbocycles. The maximum absolute atomic E-state index is 12.4. The number of nitrogens with zero attached hydrogens (tertiary/aromatic N) is 3. The van der Waals surface area contributed by atoms with Crippen molar-refractivity contribution in [2.45, 2.75) is 25.2 Å². The Morgan fingerprint density at radius 1 is 1.43 bits per heavy atom. The van der Waals surface area contributed by atoms with E-state index in [0.29, 0.717) is 11.7 Å². The molecule has 0 aliphatic heterocycles. The molecule has 1 aliphatic rings. The van der Waals surface area contributed by atoms with Crippen molar-refractivity contribution >= 4 is 23.1 Å². The molecule has 2 aromatic rings. The van der Waals surface area contributed by atoms with Gasteiger partial charge in [-0.3, -0.25) is 19.6 Å². The first-order valence-corrected chi connectivity index (χ1v) is 7.35. The van der Waals surface area contributed by atoms with E-state index in [1.54, 1.807) is 11.7 Å². The van der Waals surface area contributed by atoms with Gasteiger partial charge in [0.1, 0.15) is 5.82 Å². The fourth-order valence-electron chi connectivity index (χ4n) is 2.55. The van der Waals surface area contributed by atoms with E-state index in [-0.39, 0.29) is 16.9 Å².